The smallest absolute Gasteiger partial charge is 0.320 e. The van der Waals surface area contributed by atoms with Crippen molar-refractivity contribution in [1.29, 1.82) is 0 Å². The van der Waals surface area contributed by atoms with E-state index in [0.717, 1.165) is 41.3 Å². The Kier molecular flexibility index (Phi) is 6.73. The van der Waals surface area contributed by atoms with Crippen LogP contribution in [0.3, 0.4) is 0 Å². The molecule has 0 spiro atoms. The molecule has 182 valence electrons. The molecule has 4 heterocycles. The van der Waals surface area contributed by atoms with Crippen molar-refractivity contribution in [3.8, 4) is 23.1 Å². The molecule has 5 rings (SSSR count). The highest BCUT2D eigenvalue weighted by atomic mass is 16.5. The molecule has 1 aliphatic heterocycles. The van der Waals surface area contributed by atoms with Gasteiger partial charge in [0.25, 0.3) is 0 Å². The number of ether oxygens (including phenoxy) is 2. The predicted octanol–water partition coefficient (Wildman–Crippen LogP) is 2.57. The number of benzene rings is 1. The summed E-state index contributed by atoms with van der Waals surface area (Å²) in [5.41, 5.74) is 3.65. The zero-order valence-electron chi connectivity index (χ0n) is 19.9. The molecule has 1 saturated heterocycles. The van der Waals surface area contributed by atoms with E-state index in [1.54, 1.807) is 16.3 Å². The van der Waals surface area contributed by atoms with Gasteiger partial charge in [-0.15, -0.1) is 0 Å². The van der Waals surface area contributed by atoms with Gasteiger partial charge in [-0.1, -0.05) is 18.2 Å². The van der Waals surface area contributed by atoms with Gasteiger partial charge >= 0.3 is 6.01 Å². The molecule has 3 aromatic heterocycles. The number of hydrogen-bond acceptors (Lipinski definition) is 8. The Labute approximate surface area is 203 Å². The van der Waals surface area contributed by atoms with Gasteiger partial charge in [-0.25, -0.2) is 4.68 Å². The van der Waals surface area contributed by atoms with E-state index in [9.17, 15) is 5.11 Å². The summed E-state index contributed by atoms with van der Waals surface area (Å²) in [5, 5.41) is 18.9. The van der Waals surface area contributed by atoms with Crippen LogP contribution in [0.15, 0.2) is 55.0 Å². The van der Waals surface area contributed by atoms with Gasteiger partial charge in [-0.3, -0.25) is 4.68 Å². The second kappa shape index (κ2) is 10.2. The fourth-order valence-corrected chi connectivity index (χ4v) is 3.96. The number of aryl methyl sites for hydroxylation is 1. The van der Waals surface area contributed by atoms with Gasteiger partial charge in [0.2, 0.25) is 0 Å². The van der Waals surface area contributed by atoms with Crippen LogP contribution < -0.4 is 9.64 Å². The minimum absolute atomic E-state index is 0.307. The Morgan fingerprint density at radius 2 is 1.94 bits per heavy atom. The number of aromatic nitrogens is 6. The van der Waals surface area contributed by atoms with Gasteiger partial charge in [-0.05, 0) is 30.2 Å². The van der Waals surface area contributed by atoms with Crippen molar-refractivity contribution in [2.24, 2.45) is 7.05 Å². The van der Waals surface area contributed by atoms with Crippen LogP contribution in [0, 0.1) is 0 Å². The van der Waals surface area contributed by atoms with E-state index in [-0.39, 0.29) is 0 Å². The van der Waals surface area contributed by atoms with Gasteiger partial charge in [0.1, 0.15) is 5.82 Å². The minimum Gasteiger partial charge on any atom is -0.463 e. The molecule has 1 atom stereocenters. The molecule has 1 aliphatic rings. The average molecular weight is 476 g/mol. The van der Waals surface area contributed by atoms with E-state index in [1.165, 1.54) is 0 Å². The fourth-order valence-electron chi connectivity index (χ4n) is 3.96. The van der Waals surface area contributed by atoms with Gasteiger partial charge in [0.05, 0.1) is 37.8 Å². The monoisotopic (exact) mass is 475 g/mol. The van der Waals surface area contributed by atoms with Crippen molar-refractivity contribution in [2.75, 3.05) is 37.8 Å². The number of aliphatic hydroxyl groups is 1. The molecule has 0 amide bonds. The molecular weight excluding hydrogens is 446 g/mol. The molecule has 1 fully saturated rings. The zero-order valence-corrected chi connectivity index (χ0v) is 19.9. The first kappa shape index (κ1) is 23.0. The summed E-state index contributed by atoms with van der Waals surface area (Å²) in [6, 6.07) is 11.9. The summed E-state index contributed by atoms with van der Waals surface area (Å²) in [4.78, 5) is 11.5. The van der Waals surface area contributed by atoms with Crippen molar-refractivity contribution in [1.82, 2.24) is 29.5 Å². The summed E-state index contributed by atoms with van der Waals surface area (Å²) >= 11 is 0. The van der Waals surface area contributed by atoms with Crippen molar-refractivity contribution >= 4 is 5.82 Å². The first-order chi connectivity index (χ1) is 17.0. The maximum atomic E-state index is 9.93. The quantitative estimate of drug-likeness (QED) is 0.415. The Morgan fingerprint density at radius 1 is 1.11 bits per heavy atom. The highest BCUT2D eigenvalue weighted by molar-refractivity contribution is 5.60. The van der Waals surface area contributed by atoms with Gasteiger partial charge < -0.3 is 19.5 Å². The third-order valence-electron chi connectivity index (χ3n) is 5.88. The molecule has 1 aromatic carbocycles. The molecule has 1 N–H and O–H groups in total. The largest absolute Gasteiger partial charge is 0.463 e. The Balaban J connectivity index is 1.41. The van der Waals surface area contributed by atoms with Gasteiger partial charge in [0.15, 0.2) is 5.82 Å². The summed E-state index contributed by atoms with van der Waals surface area (Å²) in [6.45, 7) is 5.00. The normalized spacial score (nSPS) is 14.8. The molecule has 0 saturated carbocycles. The zero-order chi connectivity index (χ0) is 24.2. The fraction of sp³-hybridized carbons (Fsp3) is 0.360. The van der Waals surface area contributed by atoms with E-state index in [1.807, 2.05) is 62.0 Å². The maximum Gasteiger partial charge on any atom is 0.320 e. The SMILES string of the molecule is C[C@@H](O)c1cccc(-c2ccn(-c3cc(N4CCOCC4)nc(OCCc4cnn(C)c4)n3)n2)c1. The van der Waals surface area contributed by atoms with Crippen molar-refractivity contribution in [3.63, 3.8) is 0 Å². The number of hydrogen-bond donors (Lipinski definition) is 1. The van der Waals surface area contributed by atoms with Gasteiger partial charge in [-0.2, -0.15) is 20.2 Å². The van der Waals surface area contributed by atoms with Crippen LogP contribution in [-0.2, 0) is 18.2 Å². The second-order valence-corrected chi connectivity index (χ2v) is 8.53. The first-order valence-electron chi connectivity index (χ1n) is 11.7. The molecule has 0 radical (unpaired) electrons. The lowest BCUT2D eigenvalue weighted by Crippen LogP contribution is -2.37. The lowest BCUT2D eigenvalue weighted by atomic mass is 10.1. The van der Waals surface area contributed by atoms with E-state index < -0.39 is 6.10 Å². The topological polar surface area (TPSA) is 103 Å². The summed E-state index contributed by atoms with van der Waals surface area (Å²) in [7, 11) is 1.89. The maximum absolute atomic E-state index is 9.93. The van der Waals surface area contributed by atoms with Crippen LogP contribution >= 0.6 is 0 Å². The van der Waals surface area contributed by atoms with E-state index in [0.29, 0.717) is 38.1 Å². The second-order valence-electron chi connectivity index (χ2n) is 8.53. The molecule has 0 unspecified atom stereocenters. The number of morpholine rings is 1. The number of rotatable bonds is 8. The van der Waals surface area contributed by atoms with Crippen LogP contribution in [0.5, 0.6) is 6.01 Å². The molecule has 4 aromatic rings. The molecule has 10 heteroatoms. The van der Waals surface area contributed by atoms with Crippen LogP contribution in [0.2, 0.25) is 0 Å². The Morgan fingerprint density at radius 3 is 2.71 bits per heavy atom. The summed E-state index contributed by atoms with van der Waals surface area (Å²) in [5.74, 6) is 1.40. The van der Waals surface area contributed by atoms with Crippen LogP contribution in [0.4, 0.5) is 5.82 Å². The highest BCUT2D eigenvalue weighted by Crippen LogP contribution is 2.24. The average Bonchev–Trinajstić information content (AvgIpc) is 3.54. The molecule has 35 heavy (non-hydrogen) atoms. The molecular formula is C25H29N7O3. The minimum atomic E-state index is -0.540. The first-order valence-corrected chi connectivity index (χ1v) is 11.7. The van der Waals surface area contributed by atoms with Gasteiger partial charge in [0, 0.05) is 50.6 Å². The number of aliphatic hydroxyl groups excluding tert-OH is 1. The third-order valence-corrected chi connectivity index (χ3v) is 5.88. The van der Waals surface area contributed by atoms with Crippen LogP contribution in [0.1, 0.15) is 24.2 Å². The highest BCUT2D eigenvalue weighted by Gasteiger charge is 2.17. The lowest BCUT2D eigenvalue weighted by molar-refractivity contribution is 0.122. The molecule has 0 aliphatic carbocycles. The molecule has 10 nitrogen and oxygen atoms in total. The van der Waals surface area contributed by atoms with Crippen molar-refractivity contribution in [3.05, 3.63) is 66.1 Å². The molecule has 0 bridgehead atoms. The standard InChI is InChI=1S/C25H29N7O3/c1-18(33)20-4-3-5-21(14-20)22-6-8-32(29-22)24-15-23(31-9-12-34-13-10-31)27-25(28-24)35-11-7-19-16-26-30(2)17-19/h3-6,8,14-18,33H,7,9-13H2,1-2H3/t18-/m1/s1. The summed E-state index contributed by atoms with van der Waals surface area (Å²) in [6.07, 6.45) is 5.84. The Bertz CT molecular complexity index is 1280. The summed E-state index contributed by atoms with van der Waals surface area (Å²) < 4.78 is 15.0. The third kappa shape index (κ3) is 5.50. The van der Waals surface area contributed by atoms with Crippen molar-refractivity contribution in [2.45, 2.75) is 19.4 Å². The van der Waals surface area contributed by atoms with Crippen LogP contribution in [0.25, 0.3) is 17.1 Å². The van der Waals surface area contributed by atoms with Crippen molar-refractivity contribution < 1.29 is 14.6 Å². The lowest BCUT2D eigenvalue weighted by Gasteiger charge is -2.28. The van der Waals surface area contributed by atoms with E-state index >= 15 is 0 Å². The number of anilines is 1. The Hall–Kier alpha value is -3.76. The number of nitrogens with zero attached hydrogens (tertiary/aromatic N) is 7. The van der Waals surface area contributed by atoms with Crippen LogP contribution in [-0.4, -0.2) is 67.5 Å². The predicted molar refractivity (Wildman–Crippen MR) is 131 cm³/mol. The van der Waals surface area contributed by atoms with E-state index in [2.05, 4.69) is 20.0 Å². The van der Waals surface area contributed by atoms with E-state index in [4.69, 9.17) is 14.6 Å².